The van der Waals surface area contributed by atoms with Crippen LogP contribution in [0.4, 0.5) is 5.69 Å². The first-order chi connectivity index (χ1) is 11.3. The molecule has 6 nitrogen and oxygen atoms in total. The minimum Gasteiger partial charge on any atom is -0.322 e. The lowest BCUT2D eigenvalue weighted by atomic mass is 10.1. The highest BCUT2D eigenvalue weighted by molar-refractivity contribution is 6.05. The second-order valence-corrected chi connectivity index (χ2v) is 5.16. The monoisotopic (exact) mass is 303 g/mol. The number of aromatic nitrogens is 4. The number of nitrogens with zero attached hydrogens (tertiary/aromatic N) is 3. The van der Waals surface area contributed by atoms with Gasteiger partial charge >= 0.3 is 0 Å². The molecule has 3 heterocycles. The normalized spacial score (nSPS) is 10.8. The predicted molar refractivity (Wildman–Crippen MR) is 87.2 cm³/mol. The number of pyridine rings is 1. The van der Waals surface area contributed by atoms with E-state index in [0.717, 1.165) is 22.3 Å². The van der Waals surface area contributed by atoms with Crippen molar-refractivity contribution in [1.82, 2.24) is 19.6 Å². The van der Waals surface area contributed by atoms with Crippen molar-refractivity contribution in [3.8, 4) is 11.1 Å². The number of anilines is 1. The molecule has 1 aromatic carbocycles. The van der Waals surface area contributed by atoms with Crippen LogP contribution in [0.1, 0.15) is 10.4 Å². The number of imidazole rings is 1. The average molecular weight is 303 g/mol. The summed E-state index contributed by atoms with van der Waals surface area (Å²) in [6.45, 7) is 0. The van der Waals surface area contributed by atoms with Crippen LogP contribution in [0.2, 0.25) is 0 Å². The molecule has 23 heavy (non-hydrogen) atoms. The SMILES string of the molecule is O=C(Nc1cccc(-c2cn[nH]c2)c1)c1ccn2cncc2c1. The number of aromatic amines is 1. The summed E-state index contributed by atoms with van der Waals surface area (Å²) in [7, 11) is 0. The van der Waals surface area contributed by atoms with E-state index in [1.54, 1.807) is 24.8 Å². The van der Waals surface area contributed by atoms with Crippen LogP contribution in [0, 0.1) is 0 Å². The van der Waals surface area contributed by atoms with Crippen molar-refractivity contribution < 1.29 is 4.79 Å². The third-order valence-corrected chi connectivity index (χ3v) is 3.63. The lowest BCUT2D eigenvalue weighted by Crippen LogP contribution is -2.12. The van der Waals surface area contributed by atoms with E-state index in [9.17, 15) is 4.79 Å². The lowest BCUT2D eigenvalue weighted by molar-refractivity contribution is 0.102. The van der Waals surface area contributed by atoms with E-state index < -0.39 is 0 Å². The van der Waals surface area contributed by atoms with Crippen molar-refractivity contribution in [2.24, 2.45) is 0 Å². The van der Waals surface area contributed by atoms with Gasteiger partial charge in [0.05, 0.1) is 24.2 Å². The summed E-state index contributed by atoms with van der Waals surface area (Å²) < 4.78 is 1.86. The average Bonchev–Trinajstić information content (AvgIpc) is 3.26. The lowest BCUT2D eigenvalue weighted by Gasteiger charge is -2.07. The number of amides is 1. The van der Waals surface area contributed by atoms with Gasteiger partial charge < -0.3 is 9.72 Å². The topological polar surface area (TPSA) is 75.1 Å². The van der Waals surface area contributed by atoms with Crippen molar-refractivity contribution in [2.45, 2.75) is 0 Å². The molecule has 112 valence electrons. The van der Waals surface area contributed by atoms with Gasteiger partial charge in [0.25, 0.3) is 5.91 Å². The predicted octanol–water partition coefficient (Wildman–Crippen LogP) is 2.98. The van der Waals surface area contributed by atoms with Crippen molar-refractivity contribution in [3.05, 3.63) is 73.1 Å². The first kappa shape index (κ1) is 13.3. The number of hydrogen-bond acceptors (Lipinski definition) is 3. The van der Waals surface area contributed by atoms with Gasteiger partial charge in [0.2, 0.25) is 0 Å². The third-order valence-electron chi connectivity index (χ3n) is 3.63. The zero-order valence-electron chi connectivity index (χ0n) is 12.1. The first-order valence-electron chi connectivity index (χ1n) is 7.12. The second kappa shape index (κ2) is 5.42. The molecule has 0 bridgehead atoms. The minimum absolute atomic E-state index is 0.155. The summed E-state index contributed by atoms with van der Waals surface area (Å²) in [5.74, 6) is -0.155. The van der Waals surface area contributed by atoms with Crippen LogP contribution in [-0.4, -0.2) is 25.5 Å². The molecule has 0 aliphatic carbocycles. The van der Waals surface area contributed by atoms with E-state index in [2.05, 4.69) is 20.5 Å². The van der Waals surface area contributed by atoms with Gasteiger partial charge in [0.15, 0.2) is 0 Å². The molecule has 0 atom stereocenters. The third kappa shape index (κ3) is 2.57. The van der Waals surface area contributed by atoms with E-state index in [-0.39, 0.29) is 5.91 Å². The molecule has 0 radical (unpaired) electrons. The molecule has 0 fully saturated rings. The van der Waals surface area contributed by atoms with Crippen molar-refractivity contribution in [2.75, 3.05) is 5.32 Å². The van der Waals surface area contributed by atoms with E-state index in [1.807, 2.05) is 47.1 Å². The fourth-order valence-electron chi connectivity index (χ4n) is 2.45. The number of benzene rings is 1. The highest BCUT2D eigenvalue weighted by atomic mass is 16.1. The molecule has 2 N–H and O–H groups in total. The van der Waals surface area contributed by atoms with Gasteiger partial charge in [-0.3, -0.25) is 9.89 Å². The molecule has 0 saturated carbocycles. The van der Waals surface area contributed by atoms with Gasteiger partial charge in [-0.25, -0.2) is 4.98 Å². The van der Waals surface area contributed by atoms with Gasteiger partial charge in [0, 0.05) is 29.2 Å². The molecule has 4 rings (SSSR count). The van der Waals surface area contributed by atoms with Crippen molar-refractivity contribution in [1.29, 1.82) is 0 Å². The Morgan fingerprint density at radius 2 is 2.09 bits per heavy atom. The number of hydrogen-bond donors (Lipinski definition) is 2. The van der Waals surface area contributed by atoms with Gasteiger partial charge in [-0.2, -0.15) is 5.10 Å². The van der Waals surface area contributed by atoms with Crippen molar-refractivity contribution >= 4 is 17.1 Å². The summed E-state index contributed by atoms with van der Waals surface area (Å²) in [6, 6.07) is 11.2. The Hall–Kier alpha value is -3.41. The zero-order chi connectivity index (χ0) is 15.6. The zero-order valence-corrected chi connectivity index (χ0v) is 12.1. The summed E-state index contributed by atoms with van der Waals surface area (Å²) in [5.41, 5.74) is 4.17. The maximum absolute atomic E-state index is 12.4. The maximum Gasteiger partial charge on any atom is 0.255 e. The van der Waals surface area contributed by atoms with E-state index in [1.165, 1.54) is 0 Å². The fraction of sp³-hybridized carbons (Fsp3) is 0. The molecule has 1 amide bonds. The van der Waals surface area contributed by atoms with Crippen LogP contribution in [0.5, 0.6) is 0 Å². The molecule has 0 spiro atoms. The Morgan fingerprint density at radius 1 is 1.13 bits per heavy atom. The number of rotatable bonds is 3. The van der Waals surface area contributed by atoms with Crippen molar-refractivity contribution in [3.63, 3.8) is 0 Å². The second-order valence-electron chi connectivity index (χ2n) is 5.16. The summed E-state index contributed by atoms with van der Waals surface area (Å²) in [5, 5.41) is 9.64. The molecule has 6 heteroatoms. The molecule has 0 saturated heterocycles. The molecule has 4 aromatic rings. The summed E-state index contributed by atoms with van der Waals surface area (Å²) in [4.78, 5) is 16.5. The summed E-state index contributed by atoms with van der Waals surface area (Å²) >= 11 is 0. The van der Waals surface area contributed by atoms with Crippen LogP contribution in [0.3, 0.4) is 0 Å². The Kier molecular flexibility index (Phi) is 3.12. The number of nitrogens with one attached hydrogen (secondary N) is 2. The molecule has 0 unspecified atom stereocenters. The molecule has 3 aromatic heterocycles. The Bertz CT molecular complexity index is 972. The largest absolute Gasteiger partial charge is 0.322 e. The smallest absolute Gasteiger partial charge is 0.255 e. The van der Waals surface area contributed by atoms with E-state index in [4.69, 9.17) is 0 Å². The number of carbonyl (C=O) groups is 1. The minimum atomic E-state index is -0.155. The van der Waals surface area contributed by atoms with Gasteiger partial charge in [0.1, 0.15) is 0 Å². The molecular formula is C17H13N5O. The highest BCUT2D eigenvalue weighted by Gasteiger charge is 2.08. The highest BCUT2D eigenvalue weighted by Crippen LogP contribution is 2.21. The number of carbonyl (C=O) groups excluding carboxylic acids is 1. The van der Waals surface area contributed by atoms with Gasteiger partial charge in [-0.05, 0) is 29.8 Å². The van der Waals surface area contributed by atoms with Crippen LogP contribution < -0.4 is 5.32 Å². The van der Waals surface area contributed by atoms with Crippen LogP contribution in [0.15, 0.2) is 67.5 Å². The fourth-order valence-corrected chi connectivity index (χ4v) is 2.45. The van der Waals surface area contributed by atoms with E-state index >= 15 is 0 Å². The Labute approximate surface area is 131 Å². The number of H-pyrrole nitrogens is 1. The summed E-state index contributed by atoms with van der Waals surface area (Å²) in [6.07, 6.45) is 8.80. The standard InChI is InChI=1S/C17H13N5O/c23-17(13-4-5-22-11-18-10-16(22)7-13)21-15-3-1-2-12(6-15)14-8-19-20-9-14/h1-11H,(H,19,20)(H,21,23). The van der Waals surface area contributed by atoms with Crippen LogP contribution in [-0.2, 0) is 0 Å². The van der Waals surface area contributed by atoms with E-state index in [0.29, 0.717) is 5.56 Å². The van der Waals surface area contributed by atoms with Gasteiger partial charge in [-0.15, -0.1) is 0 Å². The molecule has 0 aliphatic rings. The Balaban J connectivity index is 1.59. The maximum atomic E-state index is 12.4. The van der Waals surface area contributed by atoms with Crippen LogP contribution >= 0.6 is 0 Å². The first-order valence-corrected chi connectivity index (χ1v) is 7.12. The quantitative estimate of drug-likeness (QED) is 0.611. The van der Waals surface area contributed by atoms with Gasteiger partial charge in [-0.1, -0.05) is 12.1 Å². The Morgan fingerprint density at radius 3 is 2.96 bits per heavy atom. The number of fused-ring (bicyclic) bond motifs is 1. The molecule has 0 aliphatic heterocycles. The van der Waals surface area contributed by atoms with Crippen LogP contribution in [0.25, 0.3) is 16.6 Å². The molecular weight excluding hydrogens is 290 g/mol.